The summed E-state index contributed by atoms with van der Waals surface area (Å²) in [5.41, 5.74) is -1.02. The van der Waals surface area contributed by atoms with Crippen molar-refractivity contribution in [3.63, 3.8) is 0 Å². The van der Waals surface area contributed by atoms with Crippen LogP contribution in [-0.4, -0.2) is 24.7 Å². The Morgan fingerprint density at radius 2 is 1.85 bits per heavy atom. The molecule has 0 N–H and O–H groups in total. The van der Waals surface area contributed by atoms with Gasteiger partial charge in [0.2, 0.25) is 5.43 Å². The van der Waals surface area contributed by atoms with E-state index in [1.165, 1.54) is 12.1 Å². The van der Waals surface area contributed by atoms with E-state index in [-0.39, 0.29) is 44.4 Å². The number of aromatic nitrogens is 5. The fourth-order valence-corrected chi connectivity index (χ4v) is 3.56. The van der Waals surface area contributed by atoms with Crippen LogP contribution in [0.4, 0.5) is 17.6 Å². The maximum atomic E-state index is 14.8. The molecule has 12 heteroatoms. The molecule has 0 aliphatic carbocycles. The molecular formula is C22H12ClF4N5O2. The maximum Gasteiger partial charge on any atom is 0.433 e. The van der Waals surface area contributed by atoms with Gasteiger partial charge in [0.05, 0.1) is 11.7 Å². The van der Waals surface area contributed by atoms with Gasteiger partial charge in [0.15, 0.2) is 11.3 Å². The minimum Gasteiger partial charge on any atom is -0.433 e. The molecule has 0 saturated heterocycles. The highest BCUT2D eigenvalue weighted by atomic mass is 35.5. The first kappa shape index (κ1) is 22.0. The molecule has 5 rings (SSSR count). The van der Waals surface area contributed by atoms with Gasteiger partial charge in [-0.2, -0.15) is 18.3 Å². The molecule has 0 spiro atoms. The van der Waals surface area contributed by atoms with Crippen molar-refractivity contribution in [1.82, 2.24) is 24.7 Å². The Kier molecular flexibility index (Phi) is 4.90. The summed E-state index contributed by atoms with van der Waals surface area (Å²) in [6.45, 7) is 3.47. The van der Waals surface area contributed by atoms with Gasteiger partial charge in [-0.05, 0) is 49.7 Å². The number of rotatable bonds is 2. The van der Waals surface area contributed by atoms with Gasteiger partial charge in [-0.3, -0.25) is 4.79 Å². The van der Waals surface area contributed by atoms with E-state index >= 15 is 0 Å². The lowest BCUT2D eigenvalue weighted by Crippen LogP contribution is -2.18. The van der Waals surface area contributed by atoms with Crippen molar-refractivity contribution in [1.29, 1.82) is 0 Å². The molecule has 172 valence electrons. The fraction of sp³-hybridized carbons (Fsp3) is 0.136. The Bertz CT molecular complexity index is 1680. The second-order valence-corrected chi connectivity index (χ2v) is 7.93. The highest BCUT2D eigenvalue weighted by Crippen LogP contribution is 2.31. The summed E-state index contributed by atoms with van der Waals surface area (Å²) >= 11 is 5.87. The van der Waals surface area contributed by atoms with Gasteiger partial charge in [-0.15, -0.1) is 0 Å². The van der Waals surface area contributed by atoms with Crippen LogP contribution in [0.25, 0.3) is 39.4 Å². The summed E-state index contributed by atoms with van der Waals surface area (Å²) in [6, 6.07) is 6.24. The Hall–Kier alpha value is -3.86. The molecule has 0 fully saturated rings. The van der Waals surface area contributed by atoms with Crippen LogP contribution in [0, 0.1) is 19.7 Å². The minimum absolute atomic E-state index is 0.0298. The number of aryl methyl sites for hydroxylation is 2. The molecule has 0 unspecified atom stereocenters. The van der Waals surface area contributed by atoms with Gasteiger partial charge in [0.1, 0.15) is 28.2 Å². The van der Waals surface area contributed by atoms with E-state index in [9.17, 15) is 22.4 Å². The minimum atomic E-state index is -4.69. The number of oxazole rings is 1. The van der Waals surface area contributed by atoms with Gasteiger partial charge >= 0.3 is 6.18 Å². The first-order valence-electron chi connectivity index (χ1n) is 9.74. The van der Waals surface area contributed by atoms with E-state index in [0.29, 0.717) is 11.8 Å². The third-order valence-corrected chi connectivity index (χ3v) is 5.45. The largest absolute Gasteiger partial charge is 0.433 e. The first-order chi connectivity index (χ1) is 16.0. The van der Waals surface area contributed by atoms with Crippen molar-refractivity contribution in [2.75, 3.05) is 0 Å². The zero-order valence-electron chi connectivity index (χ0n) is 17.4. The van der Waals surface area contributed by atoms with Crippen LogP contribution in [0.3, 0.4) is 0 Å². The summed E-state index contributed by atoms with van der Waals surface area (Å²) in [4.78, 5) is 24.9. The van der Waals surface area contributed by atoms with Crippen LogP contribution < -0.4 is 5.43 Å². The zero-order chi connectivity index (χ0) is 24.4. The predicted octanol–water partition coefficient (Wildman–Crippen LogP) is 5.41. The number of benzene rings is 1. The topological polar surface area (TPSA) is 86.7 Å². The smallest absolute Gasteiger partial charge is 0.433 e. The van der Waals surface area contributed by atoms with Crippen LogP contribution in [-0.2, 0) is 6.18 Å². The number of fused-ring (bicyclic) bond motifs is 2. The molecule has 4 heterocycles. The van der Waals surface area contributed by atoms with E-state index in [1.807, 2.05) is 0 Å². The summed E-state index contributed by atoms with van der Waals surface area (Å²) in [7, 11) is 0. The molecule has 0 amide bonds. The molecule has 7 nitrogen and oxygen atoms in total. The van der Waals surface area contributed by atoms with Crippen LogP contribution in [0.2, 0.25) is 5.02 Å². The molecular weight excluding hydrogens is 478 g/mol. The Balaban J connectivity index is 1.82. The zero-order valence-corrected chi connectivity index (χ0v) is 18.2. The standard InChI is InChI=1S/C22H12ClF4N5O2/c1-9-5-15-18(29-10(9)2)20(33)19(31-32(15)14-4-3-11(23)6-12(14)24)21-30-13-7-17(22(25,26)27)28-8-16(13)34-21/h3-8H,1-2H3. The monoisotopic (exact) mass is 489 g/mol. The molecule has 1 aromatic carbocycles. The van der Waals surface area contributed by atoms with Crippen molar-refractivity contribution in [2.45, 2.75) is 20.0 Å². The highest BCUT2D eigenvalue weighted by Gasteiger charge is 2.33. The molecule has 0 aliphatic rings. The molecule has 34 heavy (non-hydrogen) atoms. The Morgan fingerprint density at radius 3 is 2.56 bits per heavy atom. The van der Waals surface area contributed by atoms with Gasteiger partial charge in [-0.25, -0.2) is 24.0 Å². The Morgan fingerprint density at radius 1 is 1.09 bits per heavy atom. The first-order valence-corrected chi connectivity index (χ1v) is 10.1. The van der Waals surface area contributed by atoms with Crippen LogP contribution in [0.1, 0.15) is 17.0 Å². The number of pyridine rings is 2. The number of nitrogens with zero attached hydrogens (tertiary/aromatic N) is 5. The van der Waals surface area contributed by atoms with E-state index < -0.39 is 23.1 Å². The molecule has 4 aromatic heterocycles. The van der Waals surface area contributed by atoms with Gasteiger partial charge in [-0.1, -0.05) is 11.6 Å². The van der Waals surface area contributed by atoms with Crippen molar-refractivity contribution < 1.29 is 22.0 Å². The lowest BCUT2D eigenvalue weighted by molar-refractivity contribution is -0.141. The summed E-state index contributed by atoms with van der Waals surface area (Å²) in [5.74, 6) is -1.07. The Labute approximate surface area is 192 Å². The highest BCUT2D eigenvalue weighted by molar-refractivity contribution is 6.30. The summed E-state index contributed by atoms with van der Waals surface area (Å²) < 4.78 is 60.5. The van der Waals surface area contributed by atoms with Crippen molar-refractivity contribution in [2.24, 2.45) is 0 Å². The number of alkyl halides is 3. The SMILES string of the molecule is Cc1cc2c(nc1C)c(=O)c(-c1nc3cc(C(F)(F)F)ncc3o1)nn2-c1ccc(Cl)cc1F. The molecule has 0 saturated carbocycles. The number of halogens is 5. The van der Waals surface area contributed by atoms with Crippen molar-refractivity contribution in [3.05, 3.63) is 74.5 Å². The van der Waals surface area contributed by atoms with E-state index in [2.05, 4.69) is 20.1 Å². The fourth-order valence-electron chi connectivity index (χ4n) is 3.40. The summed E-state index contributed by atoms with van der Waals surface area (Å²) in [5, 5.41) is 4.41. The number of hydrogen-bond donors (Lipinski definition) is 0. The molecule has 0 radical (unpaired) electrons. The van der Waals surface area contributed by atoms with Gasteiger partial charge < -0.3 is 4.42 Å². The predicted molar refractivity (Wildman–Crippen MR) is 115 cm³/mol. The lowest BCUT2D eigenvalue weighted by atomic mass is 10.1. The maximum absolute atomic E-state index is 14.8. The van der Waals surface area contributed by atoms with E-state index in [4.69, 9.17) is 16.0 Å². The average Bonchev–Trinajstić information content (AvgIpc) is 3.18. The molecule has 0 atom stereocenters. The normalized spacial score (nSPS) is 12.1. The summed E-state index contributed by atoms with van der Waals surface area (Å²) in [6.07, 6.45) is -3.83. The van der Waals surface area contributed by atoms with Crippen LogP contribution in [0.5, 0.6) is 0 Å². The molecule has 5 aromatic rings. The lowest BCUT2D eigenvalue weighted by Gasteiger charge is -2.13. The van der Waals surface area contributed by atoms with Crippen LogP contribution in [0.15, 0.2) is 45.7 Å². The second-order valence-electron chi connectivity index (χ2n) is 7.50. The molecule has 0 bridgehead atoms. The van der Waals surface area contributed by atoms with Crippen molar-refractivity contribution >= 4 is 33.7 Å². The van der Waals surface area contributed by atoms with E-state index in [1.54, 1.807) is 19.9 Å². The average molecular weight is 490 g/mol. The van der Waals surface area contributed by atoms with Crippen molar-refractivity contribution in [3.8, 4) is 17.3 Å². The van der Waals surface area contributed by atoms with Gasteiger partial charge in [0, 0.05) is 10.7 Å². The molecule has 0 aliphatic heterocycles. The third kappa shape index (κ3) is 3.58. The van der Waals surface area contributed by atoms with E-state index in [0.717, 1.165) is 22.5 Å². The second kappa shape index (κ2) is 7.59. The third-order valence-electron chi connectivity index (χ3n) is 5.21. The van der Waals surface area contributed by atoms with Gasteiger partial charge in [0.25, 0.3) is 5.89 Å². The van der Waals surface area contributed by atoms with Crippen LogP contribution >= 0.6 is 11.6 Å². The quantitative estimate of drug-likeness (QED) is 0.308. The number of hydrogen-bond acceptors (Lipinski definition) is 6.